The van der Waals surface area contributed by atoms with Crippen LogP contribution in [-0.4, -0.2) is 41.1 Å². The van der Waals surface area contributed by atoms with E-state index in [4.69, 9.17) is 16.3 Å². The Kier molecular flexibility index (Phi) is 7.46. The van der Waals surface area contributed by atoms with Crippen molar-refractivity contribution < 1.29 is 23.8 Å². The smallest absolute Gasteiger partial charge is 0.258 e. The van der Waals surface area contributed by atoms with Gasteiger partial charge in [-0.2, -0.15) is 0 Å². The third-order valence-electron chi connectivity index (χ3n) is 5.03. The van der Waals surface area contributed by atoms with Crippen LogP contribution >= 0.6 is 11.6 Å². The molecule has 1 fully saturated rings. The number of pyridine rings is 1. The largest absolute Gasteiger partial charge is 0.493 e. The number of nitrogens with one attached hydrogen (secondary N) is 2. The molecule has 0 spiro atoms. The van der Waals surface area contributed by atoms with Gasteiger partial charge in [-0.15, -0.1) is 0 Å². The van der Waals surface area contributed by atoms with Crippen LogP contribution < -0.4 is 15.4 Å². The molecule has 0 radical (unpaired) electrons. The van der Waals surface area contributed by atoms with E-state index in [0.29, 0.717) is 18.0 Å². The van der Waals surface area contributed by atoms with Crippen LogP contribution in [0.25, 0.3) is 0 Å². The van der Waals surface area contributed by atoms with Crippen molar-refractivity contribution in [2.75, 3.05) is 13.2 Å². The second-order valence-corrected chi connectivity index (χ2v) is 7.67. The summed E-state index contributed by atoms with van der Waals surface area (Å²) in [5.74, 6) is -0.634. The molecule has 1 aliphatic rings. The number of hydrogen-bond donors (Lipinski definition) is 3. The molecule has 2 amide bonds. The summed E-state index contributed by atoms with van der Waals surface area (Å²) in [4.78, 5) is 27.9. The average Bonchev–Trinajstić information content (AvgIpc) is 2.74. The maximum absolute atomic E-state index is 13.4. The quantitative estimate of drug-likeness (QED) is 0.620. The Bertz CT molecular complexity index is 886. The minimum absolute atomic E-state index is 0.000478. The molecule has 1 aromatic carbocycles. The van der Waals surface area contributed by atoms with Crippen molar-refractivity contribution in [2.45, 2.75) is 31.7 Å². The summed E-state index contributed by atoms with van der Waals surface area (Å²) in [5.41, 5.74) is 0.398. The molecule has 0 atom stereocenters. The lowest BCUT2D eigenvalue weighted by molar-refractivity contribution is -0.124. The predicted octanol–water partition coefficient (Wildman–Crippen LogP) is 3.06. The van der Waals surface area contributed by atoms with Crippen LogP contribution in [0.2, 0.25) is 5.02 Å². The van der Waals surface area contributed by atoms with Gasteiger partial charge in [0.2, 0.25) is 5.88 Å². The van der Waals surface area contributed by atoms with Gasteiger partial charge in [-0.3, -0.25) is 9.59 Å². The number of halogens is 2. The van der Waals surface area contributed by atoms with Crippen molar-refractivity contribution in [1.29, 1.82) is 0 Å². The van der Waals surface area contributed by atoms with Gasteiger partial charge in [-0.05, 0) is 49.8 Å². The molecule has 1 heterocycles. The minimum Gasteiger partial charge on any atom is -0.493 e. The number of carbonyl (C=O) groups excluding carboxylic acids is 2. The maximum atomic E-state index is 13.4. The van der Waals surface area contributed by atoms with E-state index in [1.54, 1.807) is 0 Å². The Morgan fingerprint density at radius 1 is 1.20 bits per heavy atom. The molecule has 7 nitrogen and oxygen atoms in total. The Morgan fingerprint density at radius 2 is 1.97 bits per heavy atom. The summed E-state index contributed by atoms with van der Waals surface area (Å²) < 4.78 is 18.7. The predicted molar refractivity (Wildman–Crippen MR) is 109 cm³/mol. The summed E-state index contributed by atoms with van der Waals surface area (Å²) >= 11 is 5.62. The lowest BCUT2D eigenvalue weighted by atomic mass is 9.86. The van der Waals surface area contributed by atoms with Gasteiger partial charge in [0.1, 0.15) is 11.6 Å². The lowest BCUT2D eigenvalue weighted by Crippen LogP contribution is -2.41. The summed E-state index contributed by atoms with van der Waals surface area (Å²) in [6, 6.07) is 6.97. The van der Waals surface area contributed by atoms with Crippen LogP contribution in [0.1, 0.15) is 36.0 Å². The monoisotopic (exact) mass is 435 g/mol. The van der Waals surface area contributed by atoms with E-state index in [1.807, 2.05) is 0 Å². The fourth-order valence-electron chi connectivity index (χ4n) is 3.36. The highest BCUT2D eigenvalue weighted by molar-refractivity contribution is 6.30. The molecule has 0 unspecified atom stereocenters. The molecule has 160 valence electrons. The molecule has 0 saturated heterocycles. The first-order valence-electron chi connectivity index (χ1n) is 9.71. The van der Waals surface area contributed by atoms with Crippen molar-refractivity contribution in [2.24, 2.45) is 5.92 Å². The van der Waals surface area contributed by atoms with Crippen molar-refractivity contribution >= 4 is 23.4 Å². The summed E-state index contributed by atoms with van der Waals surface area (Å²) in [6.45, 7) is 0.351. The van der Waals surface area contributed by atoms with Crippen LogP contribution in [0.3, 0.4) is 0 Å². The van der Waals surface area contributed by atoms with Crippen molar-refractivity contribution in [1.82, 2.24) is 15.6 Å². The van der Waals surface area contributed by atoms with Gasteiger partial charge < -0.3 is 20.5 Å². The Morgan fingerprint density at radius 3 is 2.63 bits per heavy atom. The molecule has 0 bridgehead atoms. The van der Waals surface area contributed by atoms with Gasteiger partial charge >= 0.3 is 0 Å². The molecule has 1 aromatic heterocycles. The van der Waals surface area contributed by atoms with Crippen molar-refractivity contribution in [3.05, 3.63) is 52.9 Å². The molecule has 3 rings (SSSR count). The zero-order valence-corrected chi connectivity index (χ0v) is 17.0. The highest BCUT2D eigenvalue weighted by atomic mass is 35.5. The lowest BCUT2D eigenvalue weighted by Gasteiger charge is -2.29. The molecule has 1 saturated carbocycles. The number of aromatic hydroxyl groups is 1. The number of hydrogen-bond acceptors (Lipinski definition) is 5. The summed E-state index contributed by atoms with van der Waals surface area (Å²) in [7, 11) is 0. The highest BCUT2D eigenvalue weighted by Gasteiger charge is 2.23. The third-order valence-corrected chi connectivity index (χ3v) is 5.34. The number of ether oxygens (including phenoxy) is 1. The molecule has 30 heavy (non-hydrogen) atoms. The van der Waals surface area contributed by atoms with E-state index in [9.17, 15) is 19.1 Å². The zero-order valence-electron chi connectivity index (χ0n) is 16.2. The number of amides is 2. The fraction of sp³-hybridized carbons (Fsp3) is 0.381. The second kappa shape index (κ2) is 10.2. The normalized spacial score (nSPS) is 18.5. The standard InChI is InChI=1S/C21H23ClFN3O4/c22-17-7-6-16(9-18(17)23)30-12-20(28)26-15-4-1-13(2-5-15)10-25-21(29)14-3-8-19(27)24-11-14/h3,6-9,11,13,15H,1-2,4-5,10,12H2,(H,24,27)(H,25,29)(H,26,28). The van der Waals surface area contributed by atoms with E-state index < -0.39 is 5.82 Å². The number of carbonyl (C=O) groups is 2. The van der Waals surface area contributed by atoms with E-state index >= 15 is 0 Å². The van der Waals surface area contributed by atoms with E-state index in [-0.39, 0.29) is 41.1 Å². The van der Waals surface area contributed by atoms with Gasteiger partial charge in [0.25, 0.3) is 11.8 Å². The fourth-order valence-corrected chi connectivity index (χ4v) is 3.47. The topological polar surface area (TPSA) is 101 Å². The van der Waals surface area contributed by atoms with Gasteiger partial charge in [-0.1, -0.05) is 11.6 Å². The molecule has 2 aromatic rings. The molecule has 3 N–H and O–H groups in total. The first-order valence-corrected chi connectivity index (χ1v) is 10.1. The van der Waals surface area contributed by atoms with Crippen molar-refractivity contribution in [3.8, 4) is 11.6 Å². The van der Waals surface area contributed by atoms with Crippen molar-refractivity contribution in [3.63, 3.8) is 0 Å². The van der Waals surface area contributed by atoms with Crippen LogP contribution in [0, 0.1) is 11.7 Å². The summed E-state index contributed by atoms with van der Waals surface area (Å²) in [6.07, 6.45) is 4.70. The van der Waals surface area contributed by atoms with E-state index in [2.05, 4.69) is 15.6 Å². The van der Waals surface area contributed by atoms with Crippen LogP contribution in [-0.2, 0) is 4.79 Å². The van der Waals surface area contributed by atoms with Gasteiger partial charge in [0, 0.05) is 30.9 Å². The Balaban J connectivity index is 1.34. The second-order valence-electron chi connectivity index (χ2n) is 7.26. The summed E-state index contributed by atoms with van der Waals surface area (Å²) in [5, 5.41) is 15.0. The van der Waals surface area contributed by atoms with E-state index in [0.717, 1.165) is 31.7 Å². The number of aromatic nitrogens is 1. The van der Waals surface area contributed by atoms with Gasteiger partial charge in [0.15, 0.2) is 6.61 Å². The van der Waals surface area contributed by atoms with Gasteiger partial charge in [0.05, 0.1) is 10.6 Å². The molecular weight excluding hydrogens is 413 g/mol. The number of benzene rings is 1. The third kappa shape index (κ3) is 6.32. The maximum Gasteiger partial charge on any atom is 0.258 e. The molecular formula is C21H23ClFN3O4. The highest BCUT2D eigenvalue weighted by Crippen LogP contribution is 2.24. The number of rotatable bonds is 7. The van der Waals surface area contributed by atoms with Crippen LogP contribution in [0.5, 0.6) is 11.6 Å². The molecule has 1 aliphatic carbocycles. The SMILES string of the molecule is O=C(COc1ccc(Cl)c(F)c1)NC1CCC(CNC(=O)c2ccc(O)nc2)CC1. The van der Waals surface area contributed by atoms with E-state index in [1.165, 1.54) is 30.5 Å². The average molecular weight is 436 g/mol. The van der Waals surface area contributed by atoms with Crippen LogP contribution in [0.15, 0.2) is 36.5 Å². The first-order chi connectivity index (χ1) is 14.4. The number of nitrogens with zero attached hydrogens (tertiary/aromatic N) is 1. The zero-order chi connectivity index (χ0) is 21.5. The van der Waals surface area contributed by atoms with Gasteiger partial charge in [-0.25, -0.2) is 9.37 Å². The molecule has 0 aliphatic heterocycles. The Labute approximate surface area is 178 Å². The Hall–Kier alpha value is -2.87. The van der Waals surface area contributed by atoms with Crippen LogP contribution in [0.4, 0.5) is 4.39 Å². The first kappa shape index (κ1) is 21.8. The molecule has 9 heteroatoms. The minimum atomic E-state index is -0.596.